The van der Waals surface area contributed by atoms with E-state index in [2.05, 4.69) is 11.9 Å². The first-order valence-electron chi connectivity index (χ1n) is 7.61. The van der Waals surface area contributed by atoms with Crippen molar-refractivity contribution in [3.8, 4) is 0 Å². The van der Waals surface area contributed by atoms with Gasteiger partial charge in [-0.15, -0.1) is 0 Å². The molecule has 0 aromatic heterocycles. The van der Waals surface area contributed by atoms with Crippen molar-refractivity contribution < 1.29 is 13.2 Å². The van der Waals surface area contributed by atoms with Crippen molar-refractivity contribution in [1.29, 1.82) is 0 Å². The predicted octanol–water partition coefficient (Wildman–Crippen LogP) is 2.73. The van der Waals surface area contributed by atoms with E-state index in [4.69, 9.17) is 5.73 Å². The molecule has 1 saturated heterocycles. The number of halogens is 3. The number of hydrogen-bond donors (Lipinski definition) is 1. The molecule has 1 fully saturated rings. The predicted molar refractivity (Wildman–Crippen MR) is 81.5 cm³/mol. The lowest BCUT2D eigenvalue weighted by molar-refractivity contribution is -0.138. The SMILES string of the molecule is CN1CCC(N(C)C(CN)c2ccccc2C(F)(F)F)CC1. The number of likely N-dealkylation sites (N-methyl/N-ethyl adjacent to an activating group) is 1. The fourth-order valence-electron chi connectivity index (χ4n) is 3.22. The molecule has 1 atom stereocenters. The zero-order chi connectivity index (χ0) is 16.3. The number of benzene rings is 1. The lowest BCUT2D eigenvalue weighted by Gasteiger charge is -2.39. The minimum absolute atomic E-state index is 0.177. The topological polar surface area (TPSA) is 32.5 Å². The minimum atomic E-state index is -4.35. The largest absolute Gasteiger partial charge is 0.416 e. The average Bonchev–Trinajstić information content (AvgIpc) is 2.48. The summed E-state index contributed by atoms with van der Waals surface area (Å²) in [6.07, 6.45) is -2.44. The third-order valence-corrected chi connectivity index (χ3v) is 4.60. The molecular weight excluding hydrogens is 291 g/mol. The first-order chi connectivity index (χ1) is 10.3. The van der Waals surface area contributed by atoms with Gasteiger partial charge in [0.1, 0.15) is 0 Å². The fraction of sp³-hybridized carbons (Fsp3) is 0.625. The van der Waals surface area contributed by atoms with Crippen LogP contribution >= 0.6 is 0 Å². The number of nitrogens with two attached hydrogens (primary N) is 1. The number of rotatable bonds is 4. The summed E-state index contributed by atoms with van der Waals surface area (Å²) in [4.78, 5) is 4.27. The zero-order valence-electron chi connectivity index (χ0n) is 13.1. The van der Waals surface area contributed by atoms with Gasteiger partial charge in [-0.1, -0.05) is 18.2 Å². The molecule has 0 saturated carbocycles. The van der Waals surface area contributed by atoms with Gasteiger partial charge in [-0.3, -0.25) is 4.90 Å². The Bertz CT molecular complexity index is 482. The summed E-state index contributed by atoms with van der Waals surface area (Å²) in [6.45, 7) is 2.11. The van der Waals surface area contributed by atoms with E-state index in [1.165, 1.54) is 6.07 Å². The highest BCUT2D eigenvalue weighted by Gasteiger charge is 2.36. The smallest absolute Gasteiger partial charge is 0.329 e. The second-order valence-electron chi connectivity index (χ2n) is 6.04. The molecule has 1 aromatic rings. The van der Waals surface area contributed by atoms with Crippen molar-refractivity contribution in [2.45, 2.75) is 31.1 Å². The maximum atomic E-state index is 13.2. The van der Waals surface area contributed by atoms with Crippen LogP contribution in [0.25, 0.3) is 0 Å². The molecule has 0 aliphatic carbocycles. The van der Waals surface area contributed by atoms with Crippen molar-refractivity contribution in [3.63, 3.8) is 0 Å². The summed E-state index contributed by atoms with van der Waals surface area (Å²) >= 11 is 0. The van der Waals surface area contributed by atoms with Crippen LogP contribution in [-0.2, 0) is 6.18 Å². The molecule has 1 aromatic carbocycles. The van der Waals surface area contributed by atoms with Gasteiger partial charge in [0, 0.05) is 18.6 Å². The first-order valence-corrected chi connectivity index (χ1v) is 7.61. The Morgan fingerprint density at radius 2 is 1.86 bits per heavy atom. The van der Waals surface area contributed by atoms with E-state index < -0.39 is 17.8 Å². The molecule has 6 heteroatoms. The molecule has 0 bridgehead atoms. The molecule has 2 rings (SSSR count). The molecule has 124 valence electrons. The summed E-state index contributed by atoms with van der Waals surface area (Å²) in [5.41, 5.74) is 5.53. The number of piperidine rings is 1. The molecule has 22 heavy (non-hydrogen) atoms. The molecule has 1 heterocycles. The zero-order valence-corrected chi connectivity index (χ0v) is 13.1. The van der Waals surface area contributed by atoms with E-state index in [1.54, 1.807) is 12.1 Å². The van der Waals surface area contributed by atoms with Gasteiger partial charge in [-0.05, 0) is 51.7 Å². The van der Waals surface area contributed by atoms with E-state index in [0.717, 1.165) is 32.0 Å². The maximum Gasteiger partial charge on any atom is 0.416 e. The third-order valence-electron chi connectivity index (χ3n) is 4.60. The van der Waals surface area contributed by atoms with Gasteiger partial charge in [0.15, 0.2) is 0 Å². The summed E-state index contributed by atoms with van der Waals surface area (Å²) in [5.74, 6) is 0. The van der Waals surface area contributed by atoms with Gasteiger partial charge >= 0.3 is 6.18 Å². The Kier molecular flexibility index (Phi) is 5.47. The molecule has 0 spiro atoms. The van der Waals surface area contributed by atoms with Gasteiger partial charge in [0.2, 0.25) is 0 Å². The molecular formula is C16H24F3N3. The quantitative estimate of drug-likeness (QED) is 0.927. The van der Waals surface area contributed by atoms with Crippen molar-refractivity contribution in [1.82, 2.24) is 9.80 Å². The second kappa shape index (κ2) is 6.98. The third kappa shape index (κ3) is 3.80. The van der Waals surface area contributed by atoms with E-state index >= 15 is 0 Å². The second-order valence-corrected chi connectivity index (χ2v) is 6.04. The van der Waals surface area contributed by atoms with Crippen LogP contribution in [-0.4, -0.2) is 49.6 Å². The monoisotopic (exact) mass is 315 g/mol. The minimum Gasteiger partial charge on any atom is -0.329 e. The van der Waals surface area contributed by atoms with Crippen LogP contribution in [0.3, 0.4) is 0 Å². The Hall–Kier alpha value is -1.11. The van der Waals surface area contributed by atoms with Gasteiger partial charge in [0.25, 0.3) is 0 Å². The van der Waals surface area contributed by atoms with E-state index in [9.17, 15) is 13.2 Å². The van der Waals surface area contributed by atoms with Crippen molar-refractivity contribution in [2.75, 3.05) is 33.7 Å². The van der Waals surface area contributed by atoms with Gasteiger partial charge in [-0.2, -0.15) is 13.2 Å². The van der Waals surface area contributed by atoms with Crippen LogP contribution < -0.4 is 5.73 Å². The molecule has 3 nitrogen and oxygen atoms in total. The Morgan fingerprint density at radius 3 is 2.41 bits per heavy atom. The van der Waals surface area contributed by atoms with Crippen molar-refractivity contribution in [3.05, 3.63) is 35.4 Å². The molecule has 0 radical (unpaired) electrons. The summed E-state index contributed by atoms with van der Waals surface area (Å²) in [6, 6.07) is 5.62. The van der Waals surface area contributed by atoms with Crippen LogP contribution in [0.2, 0.25) is 0 Å². The number of likely N-dealkylation sites (tertiary alicyclic amines) is 1. The number of hydrogen-bond acceptors (Lipinski definition) is 3. The highest BCUT2D eigenvalue weighted by Crippen LogP contribution is 2.36. The van der Waals surface area contributed by atoms with Crippen LogP contribution in [0.15, 0.2) is 24.3 Å². The average molecular weight is 315 g/mol. The van der Waals surface area contributed by atoms with Crippen molar-refractivity contribution in [2.24, 2.45) is 5.73 Å². The van der Waals surface area contributed by atoms with E-state index in [0.29, 0.717) is 0 Å². The normalized spacial score (nSPS) is 19.6. The number of nitrogens with zero attached hydrogens (tertiary/aromatic N) is 2. The molecule has 1 aliphatic rings. The Morgan fingerprint density at radius 1 is 1.27 bits per heavy atom. The first kappa shape index (κ1) is 17.2. The van der Waals surface area contributed by atoms with Crippen LogP contribution in [0.1, 0.15) is 30.0 Å². The van der Waals surface area contributed by atoms with Crippen molar-refractivity contribution >= 4 is 0 Å². The molecule has 2 N–H and O–H groups in total. The Balaban J connectivity index is 2.25. The summed E-state index contributed by atoms with van der Waals surface area (Å²) < 4.78 is 39.7. The summed E-state index contributed by atoms with van der Waals surface area (Å²) in [7, 11) is 3.95. The fourth-order valence-corrected chi connectivity index (χ4v) is 3.22. The Labute approximate surface area is 129 Å². The highest BCUT2D eigenvalue weighted by atomic mass is 19.4. The van der Waals surface area contributed by atoms with Crippen LogP contribution in [0.4, 0.5) is 13.2 Å². The molecule has 0 amide bonds. The van der Waals surface area contributed by atoms with Gasteiger partial charge in [0.05, 0.1) is 5.56 Å². The molecule has 1 aliphatic heterocycles. The van der Waals surface area contributed by atoms with Crippen LogP contribution in [0.5, 0.6) is 0 Å². The van der Waals surface area contributed by atoms with E-state index in [-0.39, 0.29) is 18.2 Å². The lowest BCUT2D eigenvalue weighted by atomic mass is 9.95. The highest BCUT2D eigenvalue weighted by molar-refractivity contribution is 5.32. The van der Waals surface area contributed by atoms with Gasteiger partial charge in [-0.25, -0.2) is 0 Å². The maximum absolute atomic E-state index is 13.2. The standard InChI is InChI=1S/C16H24F3N3/c1-21-9-7-12(8-10-21)22(2)15(11-20)13-5-3-4-6-14(13)16(17,18)19/h3-6,12,15H,7-11,20H2,1-2H3. The molecule has 1 unspecified atom stereocenters. The van der Waals surface area contributed by atoms with Gasteiger partial charge < -0.3 is 10.6 Å². The summed E-state index contributed by atoms with van der Waals surface area (Å²) in [5, 5.41) is 0. The lowest BCUT2D eigenvalue weighted by Crippen LogP contribution is -2.45. The van der Waals surface area contributed by atoms with Crippen LogP contribution in [0, 0.1) is 0 Å². The van der Waals surface area contributed by atoms with E-state index in [1.807, 2.05) is 11.9 Å². The number of alkyl halides is 3.